The van der Waals surface area contributed by atoms with Crippen molar-refractivity contribution in [1.82, 2.24) is 4.90 Å². The first kappa shape index (κ1) is 31.6. The summed E-state index contributed by atoms with van der Waals surface area (Å²) >= 11 is 0. The Bertz CT molecular complexity index is 1330. The lowest BCUT2D eigenvalue weighted by atomic mass is 9.83. The zero-order chi connectivity index (χ0) is 30.8. The number of carbonyl (C=O) groups excluding carboxylic acids is 1. The summed E-state index contributed by atoms with van der Waals surface area (Å²) in [6.45, 7) is 17.1. The number of ether oxygens (including phenoxy) is 4. The first-order valence-electron chi connectivity index (χ1n) is 15.1. The minimum absolute atomic E-state index is 0.0114. The van der Waals surface area contributed by atoms with Crippen molar-refractivity contribution in [1.29, 1.82) is 5.41 Å². The standard InChI is InChI=1S/C33H46FN3O5/c1-9-33(10-2)22-19-26(41-11-3)30(42-12-4)28(34)27(22)31(35)37(33)20-25(38)21-17-23(32(5,6)7)29(39-8)24(18-21)36-13-15-40-16-14-36/h17-19,35H,9-16,20H2,1-8H3. The molecule has 1 saturated heterocycles. The molecule has 0 amide bonds. The minimum Gasteiger partial charge on any atom is -0.494 e. The summed E-state index contributed by atoms with van der Waals surface area (Å²) in [5.74, 6) is 0.324. The molecule has 1 N–H and O–H groups in total. The molecule has 0 spiro atoms. The third kappa shape index (κ3) is 5.43. The molecule has 42 heavy (non-hydrogen) atoms. The molecule has 2 aliphatic rings. The fraction of sp³-hybridized carbons (Fsp3) is 0.576. The number of fused-ring (bicyclic) bond motifs is 1. The first-order valence-corrected chi connectivity index (χ1v) is 15.1. The summed E-state index contributed by atoms with van der Waals surface area (Å²) in [7, 11) is 1.66. The van der Waals surface area contributed by atoms with Crippen molar-refractivity contribution < 1.29 is 28.1 Å². The van der Waals surface area contributed by atoms with E-state index in [0.29, 0.717) is 62.6 Å². The van der Waals surface area contributed by atoms with Crippen LogP contribution in [0.1, 0.15) is 88.4 Å². The Balaban J connectivity index is 1.81. The second kappa shape index (κ2) is 12.5. The molecule has 0 aliphatic carbocycles. The molecule has 0 saturated carbocycles. The van der Waals surface area contributed by atoms with Crippen molar-refractivity contribution in [2.75, 3.05) is 58.1 Å². The van der Waals surface area contributed by atoms with Gasteiger partial charge in [0.15, 0.2) is 23.1 Å². The zero-order valence-corrected chi connectivity index (χ0v) is 26.4. The maximum Gasteiger partial charge on any atom is 0.197 e. The van der Waals surface area contributed by atoms with E-state index >= 15 is 4.39 Å². The number of methoxy groups -OCH3 is 1. The number of Topliss-reactive ketones (excluding diaryl/α,β-unsaturated/α-hetero) is 1. The molecule has 2 aromatic rings. The van der Waals surface area contributed by atoms with E-state index in [0.717, 1.165) is 17.0 Å². The van der Waals surface area contributed by atoms with Crippen LogP contribution in [0.3, 0.4) is 0 Å². The molecule has 2 aliphatic heterocycles. The Morgan fingerprint density at radius 1 is 1.02 bits per heavy atom. The smallest absolute Gasteiger partial charge is 0.197 e. The number of ketones is 1. The largest absolute Gasteiger partial charge is 0.494 e. The zero-order valence-electron chi connectivity index (χ0n) is 26.4. The predicted octanol–water partition coefficient (Wildman–Crippen LogP) is 6.30. The van der Waals surface area contributed by atoms with Gasteiger partial charge in [0.05, 0.1) is 56.9 Å². The number of benzene rings is 2. The third-order valence-corrected chi connectivity index (χ3v) is 8.53. The Morgan fingerprint density at radius 3 is 2.21 bits per heavy atom. The molecule has 1 fully saturated rings. The summed E-state index contributed by atoms with van der Waals surface area (Å²) < 4.78 is 39.0. The van der Waals surface area contributed by atoms with Gasteiger partial charge in [-0.2, -0.15) is 0 Å². The highest BCUT2D eigenvalue weighted by Crippen LogP contribution is 2.50. The molecule has 0 unspecified atom stereocenters. The number of amidine groups is 1. The lowest BCUT2D eigenvalue weighted by Gasteiger charge is -2.39. The SMILES string of the molecule is CCOc1cc2c(c(F)c1OCC)C(=N)N(CC(=O)c1cc(N3CCOCC3)c(OC)c(C(C)(C)C)c1)C2(CC)CC. The number of rotatable bonds is 11. The Hall–Kier alpha value is -3.33. The molecular formula is C33H46FN3O5. The number of anilines is 1. The fourth-order valence-electron chi connectivity index (χ4n) is 6.31. The van der Waals surface area contributed by atoms with Crippen molar-refractivity contribution >= 4 is 17.3 Å². The van der Waals surface area contributed by atoms with Crippen LogP contribution in [-0.2, 0) is 15.7 Å². The van der Waals surface area contributed by atoms with E-state index in [-0.39, 0.29) is 41.5 Å². The average Bonchev–Trinajstić information content (AvgIpc) is 3.21. The molecule has 2 aromatic carbocycles. The monoisotopic (exact) mass is 583 g/mol. The fourth-order valence-corrected chi connectivity index (χ4v) is 6.31. The molecule has 4 rings (SSSR count). The van der Waals surface area contributed by atoms with Gasteiger partial charge in [-0.25, -0.2) is 4.39 Å². The first-order chi connectivity index (χ1) is 20.0. The van der Waals surface area contributed by atoms with Gasteiger partial charge in [-0.3, -0.25) is 10.2 Å². The number of hydrogen-bond acceptors (Lipinski definition) is 7. The van der Waals surface area contributed by atoms with Crippen LogP contribution in [0, 0.1) is 11.2 Å². The number of morpholine rings is 1. The van der Waals surface area contributed by atoms with Gasteiger partial charge in [-0.1, -0.05) is 34.6 Å². The third-order valence-electron chi connectivity index (χ3n) is 8.53. The van der Waals surface area contributed by atoms with Crippen LogP contribution in [0.15, 0.2) is 18.2 Å². The van der Waals surface area contributed by atoms with Crippen LogP contribution in [-0.4, -0.2) is 69.7 Å². The molecular weight excluding hydrogens is 537 g/mol. The van der Waals surface area contributed by atoms with Crippen LogP contribution in [0.25, 0.3) is 0 Å². The minimum atomic E-state index is -0.744. The quantitative estimate of drug-likeness (QED) is 0.311. The molecule has 9 heteroatoms. The molecule has 8 nitrogen and oxygen atoms in total. The van der Waals surface area contributed by atoms with Crippen LogP contribution in [0.2, 0.25) is 0 Å². The molecule has 0 bridgehead atoms. The Labute approximate surface area is 249 Å². The average molecular weight is 584 g/mol. The van der Waals surface area contributed by atoms with Crippen molar-refractivity contribution in [3.05, 3.63) is 46.3 Å². The van der Waals surface area contributed by atoms with Crippen LogP contribution in [0.5, 0.6) is 17.2 Å². The Kier molecular flexibility index (Phi) is 9.40. The number of nitrogens with one attached hydrogen (secondary N) is 1. The molecule has 0 aromatic heterocycles. The van der Waals surface area contributed by atoms with Crippen molar-refractivity contribution in [3.63, 3.8) is 0 Å². The molecule has 230 valence electrons. The van der Waals surface area contributed by atoms with E-state index in [2.05, 4.69) is 25.7 Å². The van der Waals surface area contributed by atoms with E-state index < -0.39 is 11.4 Å². The van der Waals surface area contributed by atoms with Crippen LogP contribution < -0.4 is 19.1 Å². The van der Waals surface area contributed by atoms with Gasteiger partial charge in [0.1, 0.15) is 11.6 Å². The van der Waals surface area contributed by atoms with E-state index in [1.165, 1.54) is 0 Å². The van der Waals surface area contributed by atoms with Gasteiger partial charge in [-0.05, 0) is 55.9 Å². The number of carbonyl (C=O) groups is 1. The van der Waals surface area contributed by atoms with Crippen LogP contribution in [0.4, 0.5) is 10.1 Å². The highest BCUT2D eigenvalue weighted by atomic mass is 19.1. The second-order valence-corrected chi connectivity index (χ2v) is 11.8. The van der Waals surface area contributed by atoms with E-state index in [9.17, 15) is 4.79 Å². The maximum absolute atomic E-state index is 16.1. The second-order valence-electron chi connectivity index (χ2n) is 11.8. The summed E-state index contributed by atoms with van der Waals surface area (Å²) in [6.07, 6.45) is 1.17. The van der Waals surface area contributed by atoms with E-state index in [1.54, 1.807) is 25.0 Å². The van der Waals surface area contributed by atoms with Crippen LogP contribution >= 0.6 is 0 Å². The van der Waals surface area contributed by atoms with E-state index in [4.69, 9.17) is 24.4 Å². The van der Waals surface area contributed by atoms with Crippen molar-refractivity contribution in [2.24, 2.45) is 0 Å². The summed E-state index contributed by atoms with van der Waals surface area (Å²) in [4.78, 5) is 18.2. The van der Waals surface area contributed by atoms with Gasteiger partial charge >= 0.3 is 0 Å². The molecule has 0 radical (unpaired) electrons. The number of hydrogen-bond donors (Lipinski definition) is 1. The van der Waals surface area contributed by atoms with Gasteiger partial charge < -0.3 is 28.7 Å². The van der Waals surface area contributed by atoms with Gasteiger partial charge in [-0.15, -0.1) is 0 Å². The summed E-state index contributed by atoms with van der Waals surface area (Å²) in [5, 5.41) is 9.15. The highest BCUT2D eigenvalue weighted by Gasteiger charge is 2.49. The number of nitrogens with zero attached hydrogens (tertiary/aromatic N) is 2. The number of halogens is 1. The summed E-state index contributed by atoms with van der Waals surface area (Å²) in [5.41, 5.74) is 2.14. The molecule has 0 atom stereocenters. The maximum atomic E-state index is 16.1. The van der Waals surface area contributed by atoms with Crippen molar-refractivity contribution in [3.8, 4) is 17.2 Å². The predicted molar refractivity (Wildman–Crippen MR) is 164 cm³/mol. The topological polar surface area (TPSA) is 84.3 Å². The van der Waals surface area contributed by atoms with Crippen molar-refractivity contribution in [2.45, 2.75) is 72.3 Å². The molecule has 2 heterocycles. The van der Waals surface area contributed by atoms with Gasteiger partial charge in [0.2, 0.25) is 0 Å². The summed E-state index contributed by atoms with van der Waals surface area (Å²) in [6, 6.07) is 5.62. The highest BCUT2D eigenvalue weighted by molar-refractivity contribution is 6.07. The van der Waals surface area contributed by atoms with E-state index in [1.807, 2.05) is 32.9 Å². The van der Waals surface area contributed by atoms with Gasteiger partial charge in [0, 0.05) is 24.2 Å². The lowest BCUT2D eigenvalue weighted by Crippen LogP contribution is -2.45. The Morgan fingerprint density at radius 2 is 1.67 bits per heavy atom. The normalized spacial score (nSPS) is 16.5. The van der Waals surface area contributed by atoms with Gasteiger partial charge in [0.25, 0.3) is 0 Å². The lowest BCUT2D eigenvalue weighted by molar-refractivity contribution is 0.0884.